The maximum atomic E-state index is 9.43. The van der Waals surface area contributed by atoms with E-state index >= 15 is 0 Å². The van der Waals surface area contributed by atoms with Gasteiger partial charge < -0.3 is 15.2 Å². The van der Waals surface area contributed by atoms with E-state index in [-0.39, 0.29) is 5.75 Å². The summed E-state index contributed by atoms with van der Waals surface area (Å²) in [5.74, 6) is 0.941. The van der Waals surface area contributed by atoms with E-state index in [0.717, 1.165) is 5.56 Å². The van der Waals surface area contributed by atoms with Crippen molar-refractivity contribution in [2.24, 2.45) is 0 Å². The SMILES string of the molecule is CNCc1ccc(OC)cc1O. The fourth-order valence-electron chi connectivity index (χ4n) is 1.01. The van der Waals surface area contributed by atoms with Crippen LogP contribution in [0.3, 0.4) is 0 Å². The van der Waals surface area contributed by atoms with Crippen molar-refractivity contribution >= 4 is 0 Å². The van der Waals surface area contributed by atoms with Crippen molar-refractivity contribution < 1.29 is 9.84 Å². The Morgan fingerprint density at radius 1 is 1.50 bits per heavy atom. The van der Waals surface area contributed by atoms with Crippen LogP contribution in [0.5, 0.6) is 11.5 Å². The minimum Gasteiger partial charge on any atom is -0.507 e. The fourth-order valence-corrected chi connectivity index (χ4v) is 1.01. The lowest BCUT2D eigenvalue weighted by atomic mass is 10.2. The van der Waals surface area contributed by atoms with Crippen molar-refractivity contribution in [3.05, 3.63) is 23.8 Å². The molecule has 0 amide bonds. The van der Waals surface area contributed by atoms with E-state index in [9.17, 15) is 5.11 Å². The largest absolute Gasteiger partial charge is 0.507 e. The predicted octanol–water partition coefficient (Wildman–Crippen LogP) is 1.12. The lowest BCUT2D eigenvalue weighted by Crippen LogP contribution is -2.04. The zero-order chi connectivity index (χ0) is 8.97. The maximum absolute atomic E-state index is 9.43. The van der Waals surface area contributed by atoms with Crippen molar-refractivity contribution in [1.29, 1.82) is 0 Å². The van der Waals surface area contributed by atoms with E-state index in [1.165, 1.54) is 0 Å². The highest BCUT2D eigenvalue weighted by Crippen LogP contribution is 2.22. The molecule has 0 spiro atoms. The molecule has 0 saturated carbocycles. The first-order valence-corrected chi connectivity index (χ1v) is 3.78. The van der Waals surface area contributed by atoms with Crippen LogP contribution >= 0.6 is 0 Å². The van der Waals surface area contributed by atoms with Crippen molar-refractivity contribution in [2.75, 3.05) is 14.2 Å². The second-order valence-electron chi connectivity index (χ2n) is 2.52. The molecular formula is C9H13NO2. The van der Waals surface area contributed by atoms with Crippen LogP contribution in [0, 0.1) is 0 Å². The number of aromatic hydroxyl groups is 1. The Kier molecular flexibility index (Phi) is 2.94. The predicted molar refractivity (Wildman–Crippen MR) is 47.4 cm³/mol. The molecule has 0 unspecified atom stereocenters. The molecule has 1 aromatic rings. The van der Waals surface area contributed by atoms with E-state index in [4.69, 9.17) is 4.74 Å². The monoisotopic (exact) mass is 167 g/mol. The van der Waals surface area contributed by atoms with Gasteiger partial charge in [0.1, 0.15) is 11.5 Å². The van der Waals surface area contributed by atoms with Crippen LogP contribution in [-0.4, -0.2) is 19.3 Å². The molecule has 0 aromatic heterocycles. The van der Waals surface area contributed by atoms with Gasteiger partial charge in [0.05, 0.1) is 7.11 Å². The minimum atomic E-state index is 0.267. The summed E-state index contributed by atoms with van der Waals surface area (Å²) in [6.45, 7) is 0.663. The number of phenolic OH excluding ortho intramolecular Hbond substituents is 1. The van der Waals surface area contributed by atoms with Gasteiger partial charge in [-0.1, -0.05) is 6.07 Å². The van der Waals surface area contributed by atoms with Crippen molar-refractivity contribution in [2.45, 2.75) is 6.54 Å². The van der Waals surface area contributed by atoms with E-state index in [0.29, 0.717) is 12.3 Å². The first-order chi connectivity index (χ1) is 5.77. The lowest BCUT2D eigenvalue weighted by Gasteiger charge is -2.05. The Morgan fingerprint density at radius 3 is 2.75 bits per heavy atom. The average Bonchev–Trinajstić information content (AvgIpc) is 2.09. The van der Waals surface area contributed by atoms with Gasteiger partial charge in [-0.05, 0) is 13.1 Å². The molecule has 0 aliphatic carbocycles. The number of nitrogens with one attached hydrogen (secondary N) is 1. The summed E-state index contributed by atoms with van der Waals surface area (Å²) in [6.07, 6.45) is 0. The highest BCUT2D eigenvalue weighted by molar-refractivity contribution is 5.39. The highest BCUT2D eigenvalue weighted by Gasteiger charge is 2.00. The fraction of sp³-hybridized carbons (Fsp3) is 0.333. The van der Waals surface area contributed by atoms with Gasteiger partial charge in [0.25, 0.3) is 0 Å². The van der Waals surface area contributed by atoms with Crippen molar-refractivity contribution in [3.63, 3.8) is 0 Å². The van der Waals surface area contributed by atoms with Crippen LogP contribution in [0.4, 0.5) is 0 Å². The number of methoxy groups -OCH3 is 1. The second-order valence-corrected chi connectivity index (χ2v) is 2.52. The zero-order valence-corrected chi connectivity index (χ0v) is 7.29. The Balaban J connectivity index is 2.87. The van der Waals surface area contributed by atoms with Crippen LogP contribution in [-0.2, 0) is 6.54 Å². The standard InChI is InChI=1S/C9H13NO2/c1-10-6-7-3-4-8(12-2)5-9(7)11/h3-5,10-11H,6H2,1-2H3. The highest BCUT2D eigenvalue weighted by atomic mass is 16.5. The van der Waals surface area contributed by atoms with Gasteiger partial charge in [0.2, 0.25) is 0 Å². The molecule has 1 aromatic carbocycles. The van der Waals surface area contributed by atoms with Crippen molar-refractivity contribution in [1.82, 2.24) is 5.32 Å². The third-order valence-corrected chi connectivity index (χ3v) is 1.66. The third-order valence-electron chi connectivity index (χ3n) is 1.66. The van der Waals surface area contributed by atoms with Crippen LogP contribution in [0.1, 0.15) is 5.56 Å². The van der Waals surface area contributed by atoms with Gasteiger partial charge in [-0.2, -0.15) is 0 Å². The molecule has 0 saturated heterocycles. The zero-order valence-electron chi connectivity index (χ0n) is 7.29. The first kappa shape index (κ1) is 8.87. The molecule has 0 aliphatic heterocycles. The summed E-state index contributed by atoms with van der Waals surface area (Å²) in [5, 5.41) is 12.4. The topological polar surface area (TPSA) is 41.5 Å². The Morgan fingerprint density at radius 2 is 2.25 bits per heavy atom. The summed E-state index contributed by atoms with van der Waals surface area (Å²) >= 11 is 0. The number of ether oxygens (including phenoxy) is 1. The summed E-state index contributed by atoms with van der Waals surface area (Å²) in [5.41, 5.74) is 0.873. The van der Waals surface area contributed by atoms with E-state index in [2.05, 4.69) is 5.32 Å². The number of phenols is 1. The minimum absolute atomic E-state index is 0.267. The second kappa shape index (κ2) is 3.97. The van der Waals surface area contributed by atoms with Crippen LogP contribution in [0.2, 0.25) is 0 Å². The van der Waals surface area contributed by atoms with E-state index < -0.39 is 0 Å². The molecule has 0 fully saturated rings. The maximum Gasteiger partial charge on any atom is 0.123 e. The van der Waals surface area contributed by atoms with Gasteiger partial charge >= 0.3 is 0 Å². The molecular weight excluding hydrogens is 154 g/mol. The Bertz CT molecular complexity index is 261. The molecule has 3 nitrogen and oxygen atoms in total. The van der Waals surface area contributed by atoms with Gasteiger partial charge in [-0.15, -0.1) is 0 Å². The van der Waals surface area contributed by atoms with Crippen LogP contribution in [0.15, 0.2) is 18.2 Å². The summed E-state index contributed by atoms with van der Waals surface area (Å²) in [4.78, 5) is 0. The normalized spacial score (nSPS) is 9.83. The first-order valence-electron chi connectivity index (χ1n) is 3.78. The average molecular weight is 167 g/mol. The number of rotatable bonds is 3. The Labute approximate surface area is 72.0 Å². The summed E-state index contributed by atoms with van der Waals surface area (Å²) < 4.78 is 4.95. The number of benzene rings is 1. The molecule has 0 heterocycles. The van der Waals surface area contributed by atoms with E-state index in [1.54, 1.807) is 13.2 Å². The quantitative estimate of drug-likeness (QED) is 0.708. The van der Waals surface area contributed by atoms with Gasteiger partial charge in [-0.3, -0.25) is 0 Å². The van der Waals surface area contributed by atoms with Crippen LogP contribution in [0.25, 0.3) is 0 Å². The third kappa shape index (κ3) is 1.89. The summed E-state index contributed by atoms with van der Waals surface area (Å²) in [7, 11) is 3.41. The molecule has 0 aliphatic rings. The van der Waals surface area contributed by atoms with Crippen LogP contribution < -0.4 is 10.1 Å². The lowest BCUT2D eigenvalue weighted by molar-refractivity contribution is 0.406. The molecule has 0 atom stereocenters. The molecule has 12 heavy (non-hydrogen) atoms. The van der Waals surface area contributed by atoms with Crippen molar-refractivity contribution in [3.8, 4) is 11.5 Å². The Hall–Kier alpha value is -1.22. The number of hydrogen-bond donors (Lipinski definition) is 2. The van der Waals surface area contributed by atoms with Gasteiger partial charge in [0, 0.05) is 18.2 Å². The molecule has 2 N–H and O–H groups in total. The van der Waals surface area contributed by atoms with Gasteiger partial charge in [0.15, 0.2) is 0 Å². The molecule has 3 heteroatoms. The smallest absolute Gasteiger partial charge is 0.123 e. The summed E-state index contributed by atoms with van der Waals surface area (Å²) in [6, 6.07) is 5.27. The van der Waals surface area contributed by atoms with E-state index in [1.807, 2.05) is 19.2 Å². The molecule has 0 bridgehead atoms. The molecule has 1 rings (SSSR count). The molecule has 66 valence electrons. The number of hydrogen-bond acceptors (Lipinski definition) is 3. The molecule has 0 radical (unpaired) electrons. The van der Waals surface area contributed by atoms with Gasteiger partial charge in [-0.25, -0.2) is 0 Å².